The Morgan fingerprint density at radius 1 is 1.28 bits per heavy atom. The van der Waals surface area contributed by atoms with Gasteiger partial charge in [-0.25, -0.2) is 4.79 Å². The molecule has 128 valence electrons. The number of benzene rings is 1. The monoisotopic (exact) mass is 357 g/mol. The van der Waals surface area contributed by atoms with Gasteiger partial charge in [0.1, 0.15) is 17.5 Å². The van der Waals surface area contributed by atoms with E-state index in [-0.39, 0.29) is 0 Å². The quantitative estimate of drug-likeness (QED) is 0.710. The van der Waals surface area contributed by atoms with Crippen molar-refractivity contribution in [2.24, 2.45) is 0 Å². The first-order valence-corrected chi connectivity index (χ1v) is 8.02. The number of hydrogen-bond donors (Lipinski definition) is 1. The smallest absolute Gasteiger partial charge is 0.412 e. The van der Waals surface area contributed by atoms with Crippen molar-refractivity contribution in [2.45, 2.75) is 20.0 Å². The van der Waals surface area contributed by atoms with E-state index in [1.165, 1.54) is 0 Å². The fourth-order valence-corrected chi connectivity index (χ4v) is 2.56. The Morgan fingerprint density at radius 3 is 2.80 bits per heavy atom. The van der Waals surface area contributed by atoms with E-state index in [4.69, 9.17) is 20.9 Å². The zero-order valence-electron chi connectivity index (χ0n) is 13.7. The number of amides is 1. The van der Waals surface area contributed by atoms with Crippen molar-refractivity contribution in [3.63, 3.8) is 0 Å². The molecule has 1 amide bonds. The minimum absolute atomic E-state index is 0.427. The molecule has 3 rings (SSSR count). The molecule has 1 aromatic carbocycles. The third kappa shape index (κ3) is 3.80. The van der Waals surface area contributed by atoms with Crippen LogP contribution in [0.4, 0.5) is 10.5 Å². The van der Waals surface area contributed by atoms with E-state index >= 15 is 0 Å². The highest BCUT2D eigenvalue weighted by atomic mass is 35.5. The minimum atomic E-state index is -0.615. The molecule has 0 radical (unpaired) electrons. The lowest BCUT2D eigenvalue weighted by molar-refractivity contribution is 0.121. The second-order valence-electron chi connectivity index (χ2n) is 5.40. The van der Waals surface area contributed by atoms with Crippen LogP contribution in [0, 0.1) is 6.92 Å². The number of rotatable bonds is 4. The van der Waals surface area contributed by atoms with Crippen LogP contribution >= 0.6 is 11.6 Å². The Morgan fingerprint density at radius 2 is 2.08 bits per heavy atom. The van der Waals surface area contributed by atoms with Gasteiger partial charge in [0.15, 0.2) is 5.76 Å². The van der Waals surface area contributed by atoms with E-state index < -0.39 is 12.2 Å². The molecule has 0 bridgehead atoms. The van der Waals surface area contributed by atoms with Crippen molar-refractivity contribution in [3.05, 3.63) is 65.1 Å². The molecule has 1 unspecified atom stereocenters. The summed E-state index contributed by atoms with van der Waals surface area (Å²) in [7, 11) is 0. The Hall–Kier alpha value is -2.86. The second-order valence-corrected chi connectivity index (χ2v) is 5.81. The number of nitrogens with zero attached hydrogens (tertiary/aromatic N) is 2. The molecule has 1 atom stereocenters. The molecule has 7 heteroatoms. The number of pyridine rings is 1. The highest BCUT2D eigenvalue weighted by molar-refractivity contribution is 6.33. The molecule has 2 heterocycles. The van der Waals surface area contributed by atoms with Crippen LogP contribution in [-0.4, -0.2) is 16.2 Å². The van der Waals surface area contributed by atoms with Crippen LogP contribution in [-0.2, 0) is 4.74 Å². The lowest BCUT2D eigenvalue weighted by atomic mass is 10.1. The van der Waals surface area contributed by atoms with E-state index in [0.717, 1.165) is 5.56 Å². The highest BCUT2D eigenvalue weighted by Crippen LogP contribution is 2.34. The van der Waals surface area contributed by atoms with Crippen LogP contribution in [0.25, 0.3) is 11.3 Å². The summed E-state index contributed by atoms with van der Waals surface area (Å²) in [6.45, 7) is 3.47. The van der Waals surface area contributed by atoms with E-state index in [1.807, 2.05) is 18.2 Å². The van der Waals surface area contributed by atoms with Gasteiger partial charge >= 0.3 is 6.09 Å². The number of hydrogen-bond acceptors (Lipinski definition) is 5. The Kier molecular flexibility index (Phi) is 5.00. The van der Waals surface area contributed by atoms with Crippen LogP contribution in [0.3, 0.4) is 0 Å². The molecular weight excluding hydrogens is 342 g/mol. The Labute approximate surface area is 149 Å². The standard InChI is InChI=1S/C18H16ClN3O3/c1-11(13-6-5-9-20-10-13)24-18(23)21-16-12(2)25-22-17(16)14-7-3-4-8-15(14)19/h3-11H,1-2H3,(H,21,23). The average Bonchev–Trinajstić information content (AvgIpc) is 2.96. The van der Waals surface area contributed by atoms with Gasteiger partial charge in [-0.05, 0) is 26.0 Å². The van der Waals surface area contributed by atoms with Crippen molar-refractivity contribution >= 4 is 23.4 Å². The molecule has 3 aromatic rings. The normalized spacial score (nSPS) is 11.8. The lowest BCUT2D eigenvalue weighted by Gasteiger charge is -2.14. The van der Waals surface area contributed by atoms with Gasteiger partial charge < -0.3 is 9.26 Å². The number of carbonyl (C=O) groups is 1. The topological polar surface area (TPSA) is 77.2 Å². The Balaban J connectivity index is 1.78. The lowest BCUT2D eigenvalue weighted by Crippen LogP contribution is -2.16. The maximum atomic E-state index is 12.3. The molecule has 1 N–H and O–H groups in total. The summed E-state index contributed by atoms with van der Waals surface area (Å²) in [5.74, 6) is 0.459. The number of aromatic nitrogens is 2. The first-order valence-electron chi connectivity index (χ1n) is 7.65. The molecule has 2 aromatic heterocycles. The zero-order valence-corrected chi connectivity index (χ0v) is 14.4. The molecule has 0 aliphatic rings. The summed E-state index contributed by atoms with van der Waals surface area (Å²) in [5, 5.41) is 7.20. The van der Waals surface area contributed by atoms with Crippen molar-refractivity contribution in [2.75, 3.05) is 5.32 Å². The largest absolute Gasteiger partial charge is 0.441 e. The third-order valence-corrected chi connectivity index (χ3v) is 3.99. The molecule has 25 heavy (non-hydrogen) atoms. The fraction of sp³-hybridized carbons (Fsp3) is 0.167. The Bertz CT molecular complexity index is 880. The van der Waals surface area contributed by atoms with Crippen molar-refractivity contribution in [3.8, 4) is 11.3 Å². The van der Waals surface area contributed by atoms with Crippen molar-refractivity contribution < 1.29 is 14.1 Å². The third-order valence-electron chi connectivity index (χ3n) is 3.66. The number of anilines is 1. The molecule has 0 saturated carbocycles. The summed E-state index contributed by atoms with van der Waals surface area (Å²) in [5.41, 5.74) is 2.34. The van der Waals surface area contributed by atoms with E-state index in [9.17, 15) is 4.79 Å². The van der Waals surface area contributed by atoms with Gasteiger partial charge in [0.2, 0.25) is 0 Å². The predicted molar refractivity (Wildman–Crippen MR) is 94.4 cm³/mol. The predicted octanol–water partition coefficient (Wildman–Crippen LogP) is 5.01. The first kappa shape index (κ1) is 17.0. The van der Waals surface area contributed by atoms with Gasteiger partial charge in [0.05, 0.1) is 5.02 Å². The SMILES string of the molecule is Cc1onc(-c2ccccc2Cl)c1NC(=O)OC(C)c1cccnc1. The maximum absolute atomic E-state index is 12.3. The van der Waals surface area contributed by atoms with Gasteiger partial charge in [-0.2, -0.15) is 0 Å². The summed E-state index contributed by atoms with van der Waals surface area (Å²) in [4.78, 5) is 16.3. The van der Waals surface area contributed by atoms with E-state index in [1.54, 1.807) is 44.4 Å². The van der Waals surface area contributed by atoms with E-state index in [2.05, 4.69) is 15.5 Å². The van der Waals surface area contributed by atoms with Gasteiger partial charge in [-0.1, -0.05) is 41.0 Å². The number of carbonyl (C=O) groups excluding carboxylic acids is 1. The first-order chi connectivity index (χ1) is 12.1. The number of halogens is 1. The maximum Gasteiger partial charge on any atom is 0.412 e. The average molecular weight is 358 g/mol. The molecule has 0 aliphatic carbocycles. The molecule has 6 nitrogen and oxygen atoms in total. The van der Waals surface area contributed by atoms with Gasteiger partial charge in [0, 0.05) is 23.5 Å². The van der Waals surface area contributed by atoms with Crippen LogP contribution in [0.15, 0.2) is 53.3 Å². The van der Waals surface area contributed by atoms with Crippen LogP contribution in [0.2, 0.25) is 5.02 Å². The molecular formula is C18H16ClN3O3. The molecule has 0 aliphatic heterocycles. The zero-order chi connectivity index (χ0) is 17.8. The van der Waals surface area contributed by atoms with Gasteiger partial charge in [-0.15, -0.1) is 0 Å². The summed E-state index contributed by atoms with van der Waals surface area (Å²) < 4.78 is 10.6. The number of aryl methyl sites for hydroxylation is 1. The summed E-state index contributed by atoms with van der Waals surface area (Å²) in [6.07, 6.45) is 2.25. The molecule has 0 saturated heterocycles. The van der Waals surface area contributed by atoms with Crippen LogP contribution < -0.4 is 5.32 Å². The van der Waals surface area contributed by atoms with Crippen LogP contribution in [0.5, 0.6) is 0 Å². The highest BCUT2D eigenvalue weighted by Gasteiger charge is 2.20. The van der Waals surface area contributed by atoms with Crippen molar-refractivity contribution in [1.82, 2.24) is 10.1 Å². The van der Waals surface area contributed by atoms with Crippen LogP contribution in [0.1, 0.15) is 24.4 Å². The summed E-state index contributed by atoms with van der Waals surface area (Å²) in [6, 6.07) is 10.8. The minimum Gasteiger partial charge on any atom is -0.441 e. The van der Waals surface area contributed by atoms with Gasteiger partial charge in [0.25, 0.3) is 0 Å². The number of ether oxygens (including phenoxy) is 1. The van der Waals surface area contributed by atoms with Gasteiger partial charge in [-0.3, -0.25) is 10.3 Å². The fourth-order valence-electron chi connectivity index (χ4n) is 2.33. The number of nitrogens with one attached hydrogen (secondary N) is 1. The van der Waals surface area contributed by atoms with Crippen molar-refractivity contribution in [1.29, 1.82) is 0 Å². The van der Waals surface area contributed by atoms with E-state index in [0.29, 0.717) is 27.7 Å². The molecule has 0 spiro atoms. The second kappa shape index (κ2) is 7.36. The molecule has 0 fully saturated rings. The summed E-state index contributed by atoms with van der Waals surface area (Å²) >= 11 is 6.21.